The molecule has 2 rings (SSSR count). The number of benzene rings is 1. The van der Waals surface area contributed by atoms with Gasteiger partial charge in [-0.1, -0.05) is 44.5 Å². The summed E-state index contributed by atoms with van der Waals surface area (Å²) in [5, 5.41) is 10.3. The van der Waals surface area contributed by atoms with E-state index in [4.69, 9.17) is 0 Å². The minimum absolute atomic E-state index is 0.477. The molecule has 0 fully saturated rings. The number of aliphatic hydroxyl groups is 1. The zero-order chi connectivity index (χ0) is 13.7. The molecule has 0 spiro atoms. The first-order valence-electron chi connectivity index (χ1n) is 7.01. The Balaban J connectivity index is 2.05. The van der Waals surface area contributed by atoms with Crippen LogP contribution in [-0.2, 0) is 19.4 Å². The first-order valence-corrected chi connectivity index (χ1v) is 7.01. The molecule has 0 radical (unpaired) electrons. The van der Waals surface area contributed by atoms with Crippen molar-refractivity contribution in [2.45, 2.75) is 45.8 Å². The number of aromatic nitrogens is 2. The first kappa shape index (κ1) is 13.8. The molecule has 0 aliphatic heterocycles. The summed E-state index contributed by atoms with van der Waals surface area (Å²) in [6, 6.07) is 8.27. The number of aryl methyl sites for hydroxylation is 2. The van der Waals surface area contributed by atoms with Gasteiger partial charge >= 0.3 is 0 Å². The van der Waals surface area contributed by atoms with E-state index >= 15 is 0 Å². The minimum atomic E-state index is -0.477. The molecule has 1 unspecified atom stereocenters. The lowest BCUT2D eigenvalue weighted by Crippen LogP contribution is -2.10. The summed E-state index contributed by atoms with van der Waals surface area (Å²) >= 11 is 0. The van der Waals surface area contributed by atoms with E-state index in [2.05, 4.69) is 31.0 Å². The molecule has 1 heterocycles. The molecule has 0 bridgehead atoms. The van der Waals surface area contributed by atoms with Gasteiger partial charge in [-0.2, -0.15) is 0 Å². The Morgan fingerprint density at radius 3 is 2.58 bits per heavy atom. The highest BCUT2D eigenvalue weighted by atomic mass is 16.3. The van der Waals surface area contributed by atoms with Crippen molar-refractivity contribution in [2.75, 3.05) is 0 Å². The highest BCUT2D eigenvalue weighted by Crippen LogP contribution is 2.17. The average molecular weight is 258 g/mol. The zero-order valence-electron chi connectivity index (χ0n) is 11.7. The topological polar surface area (TPSA) is 38.0 Å². The van der Waals surface area contributed by atoms with E-state index in [-0.39, 0.29) is 0 Å². The van der Waals surface area contributed by atoms with E-state index in [0.29, 0.717) is 6.54 Å². The Labute approximate surface area is 114 Å². The maximum atomic E-state index is 10.3. The molecular weight excluding hydrogens is 236 g/mol. The smallest absolute Gasteiger partial charge is 0.108 e. The van der Waals surface area contributed by atoms with Gasteiger partial charge in [-0.15, -0.1) is 0 Å². The Kier molecular flexibility index (Phi) is 4.74. The number of nitrogens with zero attached hydrogens (tertiary/aromatic N) is 2. The molecule has 0 saturated carbocycles. The second-order valence-corrected chi connectivity index (χ2v) is 4.86. The molecular formula is C16H22N2O. The van der Waals surface area contributed by atoms with Crippen LogP contribution in [0.2, 0.25) is 0 Å². The lowest BCUT2D eigenvalue weighted by atomic mass is 10.0. The molecule has 102 valence electrons. The van der Waals surface area contributed by atoms with Crippen molar-refractivity contribution in [1.29, 1.82) is 0 Å². The van der Waals surface area contributed by atoms with Crippen molar-refractivity contribution in [3.8, 4) is 0 Å². The molecule has 0 aliphatic rings. The van der Waals surface area contributed by atoms with Crippen LogP contribution in [-0.4, -0.2) is 14.7 Å². The molecule has 1 aromatic carbocycles. The highest BCUT2D eigenvalue weighted by Gasteiger charge is 2.10. The minimum Gasteiger partial charge on any atom is -0.387 e. The van der Waals surface area contributed by atoms with Crippen molar-refractivity contribution >= 4 is 0 Å². The summed E-state index contributed by atoms with van der Waals surface area (Å²) < 4.78 is 2.02. The average Bonchev–Trinajstić information content (AvgIpc) is 2.87. The van der Waals surface area contributed by atoms with Gasteiger partial charge in [0.05, 0.1) is 12.6 Å². The van der Waals surface area contributed by atoms with Gasteiger partial charge in [0, 0.05) is 18.8 Å². The van der Waals surface area contributed by atoms with Crippen molar-refractivity contribution in [1.82, 2.24) is 9.55 Å². The summed E-state index contributed by atoms with van der Waals surface area (Å²) in [7, 11) is 0. The number of rotatable bonds is 6. The Morgan fingerprint density at radius 2 is 1.95 bits per heavy atom. The van der Waals surface area contributed by atoms with Crippen LogP contribution < -0.4 is 0 Å². The molecule has 3 nitrogen and oxygen atoms in total. The summed E-state index contributed by atoms with van der Waals surface area (Å²) in [4.78, 5) is 4.27. The largest absolute Gasteiger partial charge is 0.387 e. The zero-order valence-corrected chi connectivity index (χ0v) is 11.7. The van der Waals surface area contributed by atoms with Gasteiger partial charge in [0.25, 0.3) is 0 Å². The van der Waals surface area contributed by atoms with Gasteiger partial charge in [-0.05, 0) is 17.5 Å². The molecule has 0 saturated heterocycles. The highest BCUT2D eigenvalue weighted by molar-refractivity contribution is 5.24. The van der Waals surface area contributed by atoms with E-state index in [1.165, 1.54) is 5.56 Å². The molecule has 0 aliphatic carbocycles. The van der Waals surface area contributed by atoms with Crippen LogP contribution in [0, 0.1) is 0 Å². The van der Waals surface area contributed by atoms with Gasteiger partial charge < -0.3 is 9.67 Å². The Morgan fingerprint density at radius 1 is 1.21 bits per heavy atom. The van der Waals surface area contributed by atoms with Gasteiger partial charge in [0.2, 0.25) is 0 Å². The third-order valence-corrected chi connectivity index (χ3v) is 3.39. The second kappa shape index (κ2) is 6.53. The van der Waals surface area contributed by atoms with Gasteiger partial charge in [-0.3, -0.25) is 0 Å². The molecule has 3 heteroatoms. The third kappa shape index (κ3) is 3.44. The molecule has 0 amide bonds. The van der Waals surface area contributed by atoms with E-state index in [9.17, 15) is 5.11 Å². The predicted octanol–water partition coefficient (Wildman–Crippen LogP) is 3.13. The molecule has 1 N–H and O–H groups in total. The normalized spacial score (nSPS) is 12.6. The Hall–Kier alpha value is -1.61. The van der Waals surface area contributed by atoms with Crippen LogP contribution in [0.1, 0.15) is 43.3 Å². The van der Waals surface area contributed by atoms with Crippen LogP contribution in [0.25, 0.3) is 0 Å². The summed E-state index contributed by atoms with van der Waals surface area (Å²) in [5.41, 5.74) is 2.30. The third-order valence-electron chi connectivity index (χ3n) is 3.39. The maximum absolute atomic E-state index is 10.3. The molecule has 19 heavy (non-hydrogen) atoms. The van der Waals surface area contributed by atoms with E-state index < -0.39 is 6.10 Å². The predicted molar refractivity (Wildman–Crippen MR) is 77.0 cm³/mol. The quantitative estimate of drug-likeness (QED) is 0.864. The standard InChI is InChI=1S/C16H22N2O/c1-3-5-13-6-8-14(9-7-13)15(19)12-18-11-10-17-16(18)4-2/h6-11,15,19H,3-5,12H2,1-2H3. The fourth-order valence-electron chi connectivity index (χ4n) is 2.31. The Bertz CT molecular complexity index is 502. The van der Waals surface area contributed by atoms with Crippen molar-refractivity contribution in [2.24, 2.45) is 0 Å². The summed E-state index contributed by atoms with van der Waals surface area (Å²) in [6.07, 6.45) is 6.36. The fraction of sp³-hybridized carbons (Fsp3) is 0.438. The van der Waals surface area contributed by atoms with Crippen LogP contribution in [0.4, 0.5) is 0 Å². The summed E-state index contributed by atoms with van der Waals surface area (Å²) in [6.45, 7) is 4.81. The lowest BCUT2D eigenvalue weighted by Gasteiger charge is -2.14. The number of hydrogen-bond donors (Lipinski definition) is 1. The first-order chi connectivity index (χ1) is 9.24. The molecule has 2 aromatic rings. The van der Waals surface area contributed by atoms with E-state index in [1.54, 1.807) is 6.20 Å². The van der Waals surface area contributed by atoms with Crippen LogP contribution >= 0.6 is 0 Å². The van der Waals surface area contributed by atoms with Crippen molar-refractivity contribution in [3.05, 3.63) is 53.6 Å². The lowest BCUT2D eigenvalue weighted by molar-refractivity contribution is 0.155. The van der Waals surface area contributed by atoms with Crippen molar-refractivity contribution < 1.29 is 5.11 Å². The second-order valence-electron chi connectivity index (χ2n) is 4.86. The SMILES string of the molecule is CCCc1ccc(C(O)Cn2ccnc2CC)cc1. The maximum Gasteiger partial charge on any atom is 0.108 e. The van der Waals surface area contributed by atoms with Gasteiger partial charge in [0.15, 0.2) is 0 Å². The van der Waals surface area contributed by atoms with E-state index in [0.717, 1.165) is 30.7 Å². The number of imidazole rings is 1. The number of aliphatic hydroxyl groups excluding tert-OH is 1. The van der Waals surface area contributed by atoms with Crippen LogP contribution in [0.5, 0.6) is 0 Å². The number of hydrogen-bond acceptors (Lipinski definition) is 2. The van der Waals surface area contributed by atoms with E-state index in [1.807, 2.05) is 22.9 Å². The van der Waals surface area contributed by atoms with Crippen molar-refractivity contribution in [3.63, 3.8) is 0 Å². The fourth-order valence-corrected chi connectivity index (χ4v) is 2.31. The van der Waals surface area contributed by atoms with Crippen LogP contribution in [0.3, 0.4) is 0 Å². The monoisotopic (exact) mass is 258 g/mol. The molecule has 1 atom stereocenters. The van der Waals surface area contributed by atoms with Gasteiger partial charge in [-0.25, -0.2) is 4.98 Å². The van der Waals surface area contributed by atoms with Gasteiger partial charge in [0.1, 0.15) is 5.82 Å². The molecule has 1 aromatic heterocycles. The van der Waals surface area contributed by atoms with Crippen LogP contribution in [0.15, 0.2) is 36.7 Å². The summed E-state index contributed by atoms with van der Waals surface area (Å²) in [5.74, 6) is 1.02.